The smallest absolute Gasteiger partial charge is 0.335 e. The molecule has 0 bridgehead atoms. The molecular formula is C27H40Cl2N4O8. The average Bonchev–Trinajstić information content (AvgIpc) is 2.95. The fraction of sp³-hybridized carbons (Fsp3) is 0.704. The summed E-state index contributed by atoms with van der Waals surface area (Å²) < 4.78 is 10.8. The normalized spacial score (nSPS) is 31.0. The summed E-state index contributed by atoms with van der Waals surface area (Å²) in [5.41, 5.74) is 0.728. The van der Waals surface area contributed by atoms with Crippen LogP contribution in [0.5, 0.6) is 5.75 Å². The first-order valence-corrected chi connectivity index (χ1v) is 14.7. The molecule has 3 aliphatic rings. The van der Waals surface area contributed by atoms with Gasteiger partial charge in [0.05, 0.1) is 10.7 Å². The largest absolute Gasteiger partial charge is 0.479 e. The fourth-order valence-corrected chi connectivity index (χ4v) is 6.09. The topological polar surface area (TPSA) is 155 Å². The number of carboxylic acid groups (broad SMARTS) is 1. The zero-order chi connectivity index (χ0) is 29.8. The number of carbonyl (C=O) groups excluding carboxylic acids is 1. The lowest BCUT2D eigenvalue weighted by molar-refractivity contribution is -0.271. The van der Waals surface area contributed by atoms with Crippen molar-refractivity contribution in [3.63, 3.8) is 0 Å². The van der Waals surface area contributed by atoms with Gasteiger partial charge in [0, 0.05) is 46.3 Å². The monoisotopic (exact) mass is 618 g/mol. The Labute approximate surface area is 249 Å². The van der Waals surface area contributed by atoms with Gasteiger partial charge in [-0.05, 0) is 56.7 Å². The van der Waals surface area contributed by atoms with Crippen LogP contribution in [0.4, 0.5) is 10.5 Å². The van der Waals surface area contributed by atoms with Crippen LogP contribution >= 0.6 is 23.2 Å². The second kappa shape index (κ2) is 13.9. The molecule has 5 atom stereocenters. The second-order valence-corrected chi connectivity index (χ2v) is 12.0. The number of halogens is 2. The fourth-order valence-electron chi connectivity index (χ4n) is 5.61. The number of benzene rings is 1. The lowest BCUT2D eigenvalue weighted by Gasteiger charge is -2.39. The van der Waals surface area contributed by atoms with Gasteiger partial charge < -0.3 is 45.0 Å². The summed E-state index contributed by atoms with van der Waals surface area (Å²) in [7, 11) is 3.51. The average molecular weight is 620 g/mol. The third-order valence-corrected chi connectivity index (χ3v) is 9.08. The number of carboxylic acids is 1. The number of aliphatic hydroxyl groups is 3. The van der Waals surface area contributed by atoms with Crippen molar-refractivity contribution in [3.05, 3.63) is 22.2 Å². The molecule has 230 valence electrons. The second-order valence-electron chi connectivity index (χ2n) is 11.2. The molecule has 1 unspecified atom stereocenters. The molecule has 2 aliphatic heterocycles. The Balaban J connectivity index is 1.25. The number of amides is 2. The van der Waals surface area contributed by atoms with Crippen LogP contribution in [0.25, 0.3) is 0 Å². The summed E-state index contributed by atoms with van der Waals surface area (Å²) >= 11 is 13.1. The minimum Gasteiger partial charge on any atom is -0.479 e. The molecule has 1 aliphatic carbocycles. The molecule has 1 saturated carbocycles. The number of hydrogen-bond acceptors (Lipinski definition) is 9. The van der Waals surface area contributed by atoms with Crippen molar-refractivity contribution in [2.75, 3.05) is 51.7 Å². The molecule has 12 nitrogen and oxygen atoms in total. The van der Waals surface area contributed by atoms with E-state index in [-0.39, 0.29) is 27.9 Å². The van der Waals surface area contributed by atoms with Gasteiger partial charge in [0.25, 0.3) is 0 Å². The highest BCUT2D eigenvalue weighted by Gasteiger charge is 2.48. The van der Waals surface area contributed by atoms with E-state index in [4.69, 9.17) is 32.7 Å². The predicted octanol–water partition coefficient (Wildman–Crippen LogP) is 1.61. The van der Waals surface area contributed by atoms with E-state index in [1.807, 2.05) is 0 Å². The molecule has 1 aromatic carbocycles. The Morgan fingerprint density at radius 1 is 1.00 bits per heavy atom. The van der Waals surface area contributed by atoms with Crippen molar-refractivity contribution in [1.82, 2.24) is 15.1 Å². The van der Waals surface area contributed by atoms with Gasteiger partial charge in [-0.15, -0.1) is 0 Å². The molecule has 4 rings (SSSR count). The van der Waals surface area contributed by atoms with Crippen LogP contribution in [0.15, 0.2) is 12.1 Å². The van der Waals surface area contributed by atoms with Crippen molar-refractivity contribution in [2.45, 2.75) is 68.9 Å². The molecule has 14 heteroatoms. The molecule has 2 saturated heterocycles. The number of aliphatic carboxylic acids is 1. The number of carbonyl (C=O) groups is 2. The van der Waals surface area contributed by atoms with Gasteiger partial charge in [-0.3, -0.25) is 4.90 Å². The van der Waals surface area contributed by atoms with Gasteiger partial charge >= 0.3 is 12.0 Å². The summed E-state index contributed by atoms with van der Waals surface area (Å²) in [6.45, 7) is 4.29. The third-order valence-electron chi connectivity index (χ3n) is 8.23. The highest BCUT2D eigenvalue weighted by molar-refractivity contribution is 6.44. The Morgan fingerprint density at radius 2 is 1.66 bits per heavy atom. The lowest BCUT2D eigenvalue weighted by Crippen LogP contribution is -2.61. The van der Waals surface area contributed by atoms with Crippen LogP contribution in [0.2, 0.25) is 10.0 Å². The van der Waals surface area contributed by atoms with E-state index < -0.39 is 36.7 Å². The molecule has 0 aromatic heterocycles. The summed E-state index contributed by atoms with van der Waals surface area (Å²) in [5, 5.41) is 42.8. The van der Waals surface area contributed by atoms with E-state index in [1.165, 1.54) is 0 Å². The predicted molar refractivity (Wildman–Crippen MR) is 153 cm³/mol. The first kappa shape index (κ1) is 31.9. The van der Waals surface area contributed by atoms with Gasteiger partial charge in [-0.25, -0.2) is 9.59 Å². The number of rotatable bonds is 8. The van der Waals surface area contributed by atoms with E-state index in [2.05, 4.69) is 15.1 Å². The number of anilines is 1. The molecule has 1 aromatic rings. The highest BCUT2D eigenvalue weighted by Crippen LogP contribution is 2.41. The van der Waals surface area contributed by atoms with Gasteiger partial charge in [0.1, 0.15) is 29.1 Å². The van der Waals surface area contributed by atoms with E-state index in [9.17, 15) is 30.0 Å². The molecule has 5 N–H and O–H groups in total. The zero-order valence-corrected chi connectivity index (χ0v) is 24.8. The van der Waals surface area contributed by atoms with E-state index >= 15 is 0 Å². The lowest BCUT2D eigenvalue weighted by atomic mass is 9.84. The number of nitrogens with one attached hydrogen (secondary N) is 1. The van der Waals surface area contributed by atoms with E-state index in [1.54, 1.807) is 31.1 Å². The summed E-state index contributed by atoms with van der Waals surface area (Å²) in [4.78, 5) is 29.4. The Kier molecular flexibility index (Phi) is 10.8. The number of ether oxygens (including phenoxy) is 2. The maximum atomic E-state index is 11.9. The van der Waals surface area contributed by atoms with Crippen LogP contribution in [-0.4, -0.2) is 126 Å². The number of piperazine rings is 1. The zero-order valence-electron chi connectivity index (χ0n) is 23.3. The Hall–Kier alpha value is -2.06. The molecule has 2 amide bonds. The molecular weight excluding hydrogens is 579 g/mol. The van der Waals surface area contributed by atoms with Crippen LogP contribution in [0.1, 0.15) is 32.1 Å². The van der Waals surface area contributed by atoms with Crippen LogP contribution in [-0.2, 0) is 9.53 Å². The van der Waals surface area contributed by atoms with E-state index in [0.717, 1.165) is 70.5 Å². The number of aliphatic hydroxyl groups excluding tert-OH is 3. The van der Waals surface area contributed by atoms with Crippen molar-refractivity contribution >= 4 is 40.9 Å². The molecule has 3 fully saturated rings. The minimum absolute atomic E-state index is 0.0265. The SMILES string of the molecule is CN(C)C(=O)NC1CCC(CCN2CCN(c3ccc(OC4O[C@H](C(=O)O)[C@@H](O)[C@H](O)[C@H]4O)c(Cl)c3Cl)CC2)CC1. The van der Waals surface area contributed by atoms with Gasteiger partial charge in [0.15, 0.2) is 6.10 Å². The molecule has 0 spiro atoms. The van der Waals surface area contributed by atoms with Crippen molar-refractivity contribution in [1.29, 1.82) is 0 Å². The first-order valence-electron chi connectivity index (χ1n) is 14.0. The number of hydrogen-bond donors (Lipinski definition) is 5. The van der Waals surface area contributed by atoms with Gasteiger partial charge in [-0.2, -0.15) is 0 Å². The van der Waals surface area contributed by atoms with Crippen LogP contribution in [0.3, 0.4) is 0 Å². The Morgan fingerprint density at radius 3 is 2.27 bits per heavy atom. The maximum Gasteiger partial charge on any atom is 0.335 e. The molecule has 41 heavy (non-hydrogen) atoms. The van der Waals surface area contributed by atoms with Gasteiger partial charge in [0.2, 0.25) is 6.29 Å². The summed E-state index contributed by atoms with van der Waals surface area (Å²) in [6, 6.07) is 3.53. The highest BCUT2D eigenvalue weighted by atomic mass is 35.5. The number of urea groups is 1. The number of nitrogens with zero attached hydrogens (tertiary/aromatic N) is 3. The summed E-state index contributed by atoms with van der Waals surface area (Å²) in [5.74, 6) is -0.788. The quantitative estimate of drug-likeness (QED) is 0.290. The Bertz CT molecular complexity index is 1070. The van der Waals surface area contributed by atoms with Crippen molar-refractivity contribution < 1.29 is 39.5 Å². The van der Waals surface area contributed by atoms with E-state index in [0.29, 0.717) is 5.92 Å². The van der Waals surface area contributed by atoms with Crippen molar-refractivity contribution in [2.24, 2.45) is 5.92 Å². The first-order chi connectivity index (χ1) is 19.5. The maximum absolute atomic E-state index is 11.9. The standard InChI is InChI=1S/C27H40Cl2N4O8/c1-31(2)27(39)30-16-5-3-15(4-6-16)9-10-32-11-13-33(14-12-32)17-7-8-18(20(29)19(17)28)40-26-23(36)21(34)22(35)24(41-26)25(37)38/h7-8,15-16,21-24,26,34-36H,3-6,9-14H2,1-2H3,(H,30,39)(H,37,38)/t15?,16?,21-,22-,23+,24-,26?/m0/s1. The molecule has 2 heterocycles. The van der Waals surface area contributed by atoms with Crippen LogP contribution < -0.4 is 15.0 Å². The minimum atomic E-state index is -1.82. The van der Waals surface area contributed by atoms with Gasteiger partial charge in [-0.1, -0.05) is 23.2 Å². The molecule has 0 radical (unpaired) electrons. The third kappa shape index (κ3) is 7.67. The van der Waals surface area contributed by atoms with Crippen molar-refractivity contribution in [3.8, 4) is 5.75 Å². The van der Waals surface area contributed by atoms with Crippen LogP contribution in [0, 0.1) is 5.92 Å². The summed E-state index contributed by atoms with van der Waals surface area (Å²) in [6.07, 6.45) is -3.25.